The molecule has 1 amide bonds. The van der Waals surface area contributed by atoms with Gasteiger partial charge in [0.15, 0.2) is 5.13 Å². The molecule has 2 aromatic heterocycles. The standard InChI is InChI=1S/C15H19ClN4OS/c1-4-5-8-20-14(16)12(11(3)19-20)6-7-13(21)18-15-17-9-10(2)22-15/h6-7,9H,4-5,8H2,1-3H3,(H,17,18,21)/b7-6+. The minimum Gasteiger partial charge on any atom is -0.298 e. The van der Waals surface area contributed by atoms with Crippen LogP contribution in [0.3, 0.4) is 0 Å². The van der Waals surface area contributed by atoms with Crippen molar-refractivity contribution in [2.45, 2.75) is 40.2 Å². The van der Waals surface area contributed by atoms with E-state index in [1.165, 1.54) is 17.4 Å². The molecule has 2 rings (SSSR count). The lowest BCUT2D eigenvalue weighted by atomic mass is 10.2. The van der Waals surface area contributed by atoms with Crippen molar-refractivity contribution < 1.29 is 4.79 Å². The molecule has 118 valence electrons. The van der Waals surface area contributed by atoms with E-state index in [-0.39, 0.29) is 5.91 Å². The number of amides is 1. The van der Waals surface area contributed by atoms with E-state index < -0.39 is 0 Å². The molecule has 2 aromatic rings. The smallest absolute Gasteiger partial charge is 0.250 e. The number of nitrogens with one attached hydrogen (secondary N) is 1. The van der Waals surface area contributed by atoms with Gasteiger partial charge in [0, 0.05) is 29.3 Å². The van der Waals surface area contributed by atoms with Crippen molar-refractivity contribution >= 4 is 40.1 Å². The number of thiazole rings is 1. The normalized spacial score (nSPS) is 11.3. The zero-order valence-corrected chi connectivity index (χ0v) is 14.5. The molecular weight excluding hydrogens is 320 g/mol. The summed E-state index contributed by atoms with van der Waals surface area (Å²) >= 11 is 7.76. The molecule has 0 aromatic carbocycles. The zero-order chi connectivity index (χ0) is 16.1. The highest BCUT2D eigenvalue weighted by atomic mass is 35.5. The van der Waals surface area contributed by atoms with Gasteiger partial charge in [0.05, 0.1) is 5.69 Å². The van der Waals surface area contributed by atoms with Crippen LogP contribution in [0.1, 0.15) is 35.9 Å². The van der Waals surface area contributed by atoms with Gasteiger partial charge in [0.1, 0.15) is 5.15 Å². The number of carbonyl (C=O) groups excluding carboxylic acids is 1. The number of aromatic nitrogens is 3. The molecule has 0 aliphatic heterocycles. The topological polar surface area (TPSA) is 59.8 Å². The maximum absolute atomic E-state index is 11.9. The van der Waals surface area contributed by atoms with Crippen molar-refractivity contribution in [3.05, 3.63) is 33.6 Å². The van der Waals surface area contributed by atoms with Crippen molar-refractivity contribution in [3.8, 4) is 0 Å². The van der Waals surface area contributed by atoms with E-state index in [1.54, 1.807) is 17.0 Å². The largest absolute Gasteiger partial charge is 0.298 e. The van der Waals surface area contributed by atoms with Gasteiger partial charge < -0.3 is 0 Å². The molecule has 0 saturated heterocycles. The van der Waals surface area contributed by atoms with E-state index in [4.69, 9.17) is 11.6 Å². The van der Waals surface area contributed by atoms with E-state index in [9.17, 15) is 4.79 Å². The van der Waals surface area contributed by atoms with E-state index >= 15 is 0 Å². The Morgan fingerprint density at radius 2 is 2.27 bits per heavy atom. The summed E-state index contributed by atoms with van der Waals surface area (Å²) in [6.45, 7) is 6.73. The Balaban J connectivity index is 2.06. The third-order valence-corrected chi connectivity index (χ3v) is 4.31. The summed E-state index contributed by atoms with van der Waals surface area (Å²) in [7, 11) is 0. The molecule has 0 atom stereocenters. The number of hydrogen-bond acceptors (Lipinski definition) is 4. The first kappa shape index (κ1) is 16.7. The highest BCUT2D eigenvalue weighted by molar-refractivity contribution is 7.15. The summed E-state index contributed by atoms with van der Waals surface area (Å²) in [5.41, 5.74) is 1.60. The van der Waals surface area contributed by atoms with E-state index in [0.29, 0.717) is 10.3 Å². The second kappa shape index (κ2) is 7.56. The highest BCUT2D eigenvalue weighted by Gasteiger charge is 2.11. The number of anilines is 1. The van der Waals surface area contributed by atoms with Crippen molar-refractivity contribution in [1.82, 2.24) is 14.8 Å². The molecule has 22 heavy (non-hydrogen) atoms. The summed E-state index contributed by atoms with van der Waals surface area (Å²) in [5, 5.41) is 8.29. The Morgan fingerprint density at radius 1 is 1.50 bits per heavy atom. The molecule has 0 saturated carbocycles. The van der Waals surface area contributed by atoms with Crippen molar-refractivity contribution in [3.63, 3.8) is 0 Å². The van der Waals surface area contributed by atoms with Gasteiger partial charge in [0.25, 0.3) is 0 Å². The Hall–Kier alpha value is -1.66. The van der Waals surface area contributed by atoms with Crippen LogP contribution in [0.25, 0.3) is 6.08 Å². The Kier molecular flexibility index (Phi) is 5.74. The fourth-order valence-corrected chi connectivity index (χ4v) is 2.92. The SMILES string of the molecule is CCCCn1nc(C)c(/C=C/C(=O)Nc2ncc(C)s2)c1Cl. The fraction of sp³-hybridized carbons (Fsp3) is 0.400. The van der Waals surface area contributed by atoms with Crippen LogP contribution in [0.4, 0.5) is 5.13 Å². The van der Waals surface area contributed by atoms with Gasteiger partial charge in [-0.2, -0.15) is 5.10 Å². The molecule has 0 aliphatic carbocycles. The van der Waals surface area contributed by atoms with Crippen LogP contribution in [0, 0.1) is 13.8 Å². The molecule has 1 N–H and O–H groups in total. The average molecular weight is 339 g/mol. The number of unbranched alkanes of at least 4 members (excludes halogenated alkanes) is 1. The van der Waals surface area contributed by atoms with Crippen LogP contribution in [0.2, 0.25) is 5.15 Å². The number of aryl methyl sites for hydroxylation is 3. The summed E-state index contributed by atoms with van der Waals surface area (Å²) < 4.78 is 1.78. The van der Waals surface area contributed by atoms with Gasteiger partial charge in [-0.1, -0.05) is 24.9 Å². The molecular formula is C15H19ClN4OS. The number of rotatable bonds is 6. The Morgan fingerprint density at radius 3 is 2.91 bits per heavy atom. The summed E-state index contributed by atoms with van der Waals surface area (Å²) in [5.74, 6) is -0.230. The van der Waals surface area contributed by atoms with Crippen LogP contribution in [0.15, 0.2) is 12.3 Å². The molecule has 2 heterocycles. The monoisotopic (exact) mass is 338 g/mol. The van der Waals surface area contributed by atoms with Crippen LogP contribution < -0.4 is 5.32 Å². The molecule has 0 unspecified atom stereocenters. The van der Waals surface area contributed by atoms with E-state index in [0.717, 1.165) is 35.5 Å². The molecule has 0 bridgehead atoms. The number of hydrogen-bond donors (Lipinski definition) is 1. The van der Waals surface area contributed by atoms with Crippen molar-refractivity contribution in [2.24, 2.45) is 0 Å². The molecule has 0 spiro atoms. The number of carbonyl (C=O) groups is 1. The van der Waals surface area contributed by atoms with Gasteiger partial charge in [-0.25, -0.2) is 4.98 Å². The van der Waals surface area contributed by atoms with Gasteiger partial charge in [0.2, 0.25) is 5.91 Å². The minimum absolute atomic E-state index is 0.230. The van der Waals surface area contributed by atoms with Gasteiger partial charge >= 0.3 is 0 Å². The highest BCUT2D eigenvalue weighted by Crippen LogP contribution is 2.22. The predicted octanol–water partition coefficient (Wildman–Crippen LogP) is 4.06. The first-order valence-corrected chi connectivity index (χ1v) is 8.35. The quantitative estimate of drug-likeness (QED) is 0.808. The lowest BCUT2D eigenvalue weighted by Crippen LogP contribution is -2.07. The Bertz CT molecular complexity index is 690. The second-order valence-electron chi connectivity index (χ2n) is 4.97. The molecule has 0 fully saturated rings. The predicted molar refractivity (Wildman–Crippen MR) is 91.4 cm³/mol. The zero-order valence-electron chi connectivity index (χ0n) is 12.9. The third-order valence-electron chi connectivity index (χ3n) is 3.09. The maximum atomic E-state index is 11.9. The van der Waals surface area contributed by atoms with Gasteiger partial charge in [-0.05, 0) is 26.3 Å². The van der Waals surface area contributed by atoms with E-state index in [1.807, 2.05) is 13.8 Å². The summed E-state index contributed by atoms with van der Waals surface area (Å²) in [6, 6.07) is 0. The van der Waals surface area contributed by atoms with Crippen molar-refractivity contribution in [2.75, 3.05) is 5.32 Å². The third kappa shape index (κ3) is 4.18. The molecule has 7 heteroatoms. The van der Waals surface area contributed by atoms with E-state index in [2.05, 4.69) is 22.3 Å². The number of halogens is 1. The lowest BCUT2D eigenvalue weighted by Gasteiger charge is -2.00. The van der Waals surface area contributed by atoms with Crippen molar-refractivity contribution in [1.29, 1.82) is 0 Å². The van der Waals surface area contributed by atoms with Gasteiger partial charge in [-0.15, -0.1) is 11.3 Å². The number of nitrogens with zero attached hydrogens (tertiary/aromatic N) is 3. The van der Waals surface area contributed by atoms with Gasteiger partial charge in [-0.3, -0.25) is 14.8 Å². The summed E-state index contributed by atoms with van der Waals surface area (Å²) in [6.07, 6.45) is 6.98. The molecule has 0 radical (unpaired) electrons. The second-order valence-corrected chi connectivity index (χ2v) is 6.56. The van der Waals surface area contributed by atoms with Crippen LogP contribution >= 0.6 is 22.9 Å². The first-order chi connectivity index (χ1) is 10.5. The summed E-state index contributed by atoms with van der Waals surface area (Å²) in [4.78, 5) is 17.0. The Labute approximate surface area is 139 Å². The molecule has 0 aliphatic rings. The average Bonchev–Trinajstić information content (AvgIpc) is 2.99. The van der Waals surface area contributed by atoms with Crippen LogP contribution in [0.5, 0.6) is 0 Å². The maximum Gasteiger partial charge on any atom is 0.250 e. The molecule has 5 nitrogen and oxygen atoms in total. The van der Waals surface area contributed by atoms with Crippen LogP contribution in [-0.2, 0) is 11.3 Å². The first-order valence-electron chi connectivity index (χ1n) is 7.15. The lowest BCUT2D eigenvalue weighted by molar-refractivity contribution is -0.111. The van der Waals surface area contributed by atoms with Crippen LogP contribution in [-0.4, -0.2) is 20.7 Å². The fourth-order valence-electron chi connectivity index (χ4n) is 1.93. The minimum atomic E-state index is -0.230.